The summed E-state index contributed by atoms with van der Waals surface area (Å²) in [6.45, 7) is 0. The second kappa shape index (κ2) is 4.44. The molecule has 2 rings (SSSR count). The van der Waals surface area contributed by atoms with E-state index >= 15 is 0 Å². The standard InChI is InChI=1S/C9H12N2O5S/c12-9(13)8-10-7(11-16-8)4-6-2-1-3-17(14,15)5-6/h6H,1-5H2,(H,12,13). The molecule has 1 fully saturated rings. The molecule has 1 N–H and O–H groups in total. The zero-order valence-corrected chi connectivity index (χ0v) is 9.81. The summed E-state index contributed by atoms with van der Waals surface area (Å²) in [5.41, 5.74) is 0. The van der Waals surface area contributed by atoms with Crippen LogP contribution >= 0.6 is 0 Å². The molecule has 94 valence electrons. The lowest BCUT2D eigenvalue weighted by Crippen LogP contribution is -2.26. The molecule has 1 aromatic rings. The van der Waals surface area contributed by atoms with Crippen molar-refractivity contribution >= 4 is 15.8 Å². The smallest absolute Gasteiger partial charge is 0.394 e. The van der Waals surface area contributed by atoms with Gasteiger partial charge in [-0.3, -0.25) is 0 Å². The quantitative estimate of drug-likeness (QED) is 0.822. The fourth-order valence-electron chi connectivity index (χ4n) is 1.96. The van der Waals surface area contributed by atoms with E-state index in [-0.39, 0.29) is 23.2 Å². The largest absolute Gasteiger partial charge is 0.474 e. The second-order valence-corrected chi connectivity index (χ2v) is 6.38. The maximum atomic E-state index is 11.4. The Hall–Kier alpha value is -1.44. The number of carboxylic acid groups (broad SMARTS) is 1. The van der Waals surface area contributed by atoms with Gasteiger partial charge < -0.3 is 9.63 Å². The summed E-state index contributed by atoms with van der Waals surface area (Å²) in [4.78, 5) is 14.2. The average molecular weight is 260 g/mol. The molecule has 0 bridgehead atoms. The van der Waals surface area contributed by atoms with E-state index in [0.29, 0.717) is 12.8 Å². The summed E-state index contributed by atoms with van der Waals surface area (Å²) >= 11 is 0. The fourth-order valence-corrected chi connectivity index (χ4v) is 3.74. The number of aromatic carboxylic acids is 1. The number of nitrogens with zero attached hydrogens (tertiary/aromatic N) is 2. The minimum atomic E-state index is -2.96. The highest BCUT2D eigenvalue weighted by molar-refractivity contribution is 7.91. The first-order valence-electron chi connectivity index (χ1n) is 5.22. The van der Waals surface area contributed by atoms with Gasteiger partial charge in [0, 0.05) is 6.42 Å². The SMILES string of the molecule is O=C(O)c1nc(CC2CCCS(=O)(=O)C2)no1. The van der Waals surface area contributed by atoms with Crippen molar-refractivity contribution in [1.82, 2.24) is 10.1 Å². The third kappa shape index (κ3) is 3.02. The summed E-state index contributed by atoms with van der Waals surface area (Å²) < 4.78 is 27.3. The summed E-state index contributed by atoms with van der Waals surface area (Å²) in [5, 5.41) is 12.1. The van der Waals surface area contributed by atoms with Crippen molar-refractivity contribution in [3.8, 4) is 0 Å². The molecule has 1 aliphatic rings. The lowest BCUT2D eigenvalue weighted by atomic mass is 10.0. The first-order valence-corrected chi connectivity index (χ1v) is 7.05. The predicted octanol–water partition coefficient (Wildman–Crippen LogP) is 0.135. The van der Waals surface area contributed by atoms with Crippen molar-refractivity contribution in [2.75, 3.05) is 11.5 Å². The van der Waals surface area contributed by atoms with Gasteiger partial charge in [0.15, 0.2) is 15.7 Å². The van der Waals surface area contributed by atoms with E-state index in [1.54, 1.807) is 0 Å². The molecule has 0 spiro atoms. The molecular formula is C9H12N2O5S. The molecule has 1 unspecified atom stereocenters. The molecule has 1 aromatic heterocycles. The van der Waals surface area contributed by atoms with Crippen molar-refractivity contribution in [3.63, 3.8) is 0 Å². The van der Waals surface area contributed by atoms with Gasteiger partial charge in [0.25, 0.3) is 0 Å². The van der Waals surface area contributed by atoms with E-state index in [0.717, 1.165) is 6.42 Å². The predicted molar refractivity (Wildman–Crippen MR) is 56.3 cm³/mol. The Kier molecular flexibility index (Phi) is 3.14. The van der Waals surface area contributed by atoms with Crippen LogP contribution in [0.1, 0.15) is 29.4 Å². The Morgan fingerprint density at radius 3 is 2.88 bits per heavy atom. The van der Waals surface area contributed by atoms with Crippen LogP contribution < -0.4 is 0 Å². The molecule has 0 aliphatic carbocycles. The average Bonchev–Trinajstić information content (AvgIpc) is 2.64. The van der Waals surface area contributed by atoms with Gasteiger partial charge in [-0.1, -0.05) is 5.16 Å². The van der Waals surface area contributed by atoms with Crippen molar-refractivity contribution < 1.29 is 22.8 Å². The Labute approximate surface area is 97.7 Å². The normalized spacial score (nSPS) is 23.4. The van der Waals surface area contributed by atoms with Crippen molar-refractivity contribution in [1.29, 1.82) is 0 Å². The van der Waals surface area contributed by atoms with E-state index in [1.165, 1.54) is 0 Å². The molecule has 8 heteroatoms. The third-order valence-corrected chi connectivity index (χ3v) is 4.57. The van der Waals surface area contributed by atoms with Crippen molar-refractivity contribution in [3.05, 3.63) is 11.7 Å². The lowest BCUT2D eigenvalue weighted by Gasteiger charge is -2.20. The number of hydrogen-bond donors (Lipinski definition) is 1. The molecule has 7 nitrogen and oxygen atoms in total. The number of rotatable bonds is 3. The summed E-state index contributed by atoms with van der Waals surface area (Å²) in [5.74, 6) is -1.18. The van der Waals surface area contributed by atoms with Crippen LogP contribution in [0.5, 0.6) is 0 Å². The van der Waals surface area contributed by atoms with Gasteiger partial charge in [0.05, 0.1) is 11.5 Å². The van der Waals surface area contributed by atoms with E-state index < -0.39 is 21.7 Å². The number of carboxylic acids is 1. The van der Waals surface area contributed by atoms with Crippen LogP contribution in [0.2, 0.25) is 0 Å². The van der Waals surface area contributed by atoms with Gasteiger partial charge in [-0.05, 0) is 18.8 Å². The minimum absolute atomic E-state index is 0.0482. The van der Waals surface area contributed by atoms with Gasteiger partial charge in [-0.25, -0.2) is 13.2 Å². The molecule has 0 saturated carbocycles. The summed E-state index contributed by atoms with van der Waals surface area (Å²) in [6, 6.07) is 0. The van der Waals surface area contributed by atoms with Crippen molar-refractivity contribution in [2.24, 2.45) is 5.92 Å². The minimum Gasteiger partial charge on any atom is -0.474 e. The van der Waals surface area contributed by atoms with Gasteiger partial charge in [-0.2, -0.15) is 4.98 Å². The van der Waals surface area contributed by atoms with Crippen LogP contribution in [0, 0.1) is 5.92 Å². The highest BCUT2D eigenvalue weighted by Gasteiger charge is 2.26. The molecule has 1 atom stereocenters. The van der Waals surface area contributed by atoms with Crippen LogP contribution in [0.15, 0.2) is 4.52 Å². The Morgan fingerprint density at radius 1 is 1.53 bits per heavy atom. The highest BCUT2D eigenvalue weighted by atomic mass is 32.2. The first-order chi connectivity index (χ1) is 7.96. The number of aromatic nitrogens is 2. The Balaban J connectivity index is 2.03. The van der Waals surface area contributed by atoms with Crippen molar-refractivity contribution in [2.45, 2.75) is 19.3 Å². The Morgan fingerprint density at radius 2 is 2.29 bits per heavy atom. The van der Waals surface area contributed by atoms with Gasteiger partial charge in [0.1, 0.15) is 0 Å². The molecular weight excluding hydrogens is 248 g/mol. The molecule has 1 aliphatic heterocycles. The zero-order chi connectivity index (χ0) is 12.5. The second-order valence-electron chi connectivity index (χ2n) is 4.15. The topological polar surface area (TPSA) is 110 Å². The maximum absolute atomic E-state index is 11.4. The van der Waals surface area contributed by atoms with Crippen LogP contribution in [0.3, 0.4) is 0 Å². The van der Waals surface area contributed by atoms with Crippen LogP contribution in [0.4, 0.5) is 0 Å². The monoisotopic (exact) mass is 260 g/mol. The van der Waals surface area contributed by atoms with Gasteiger partial charge >= 0.3 is 11.9 Å². The van der Waals surface area contributed by atoms with E-state index in [4.69, 9.17) is 5.11 Å². The van der Waals surface area contributed by atoms with E-state index in [2.05, 4.69) is 14.7 Å². The fraction of sp³-hybridized carbons (Fsp3) is 0.667. The lowest BCUT2D eigenvalue weighted by molar-refractivity contribution is 0.0643. The maximum Gasteiger partial charge on any atom is 0.394 e. The third-order valence-electron chi connectivity index (χ3n) is 2.68. The van der Waals surface area contributed by atoms with Crippen LogP contribution in [0.25, 0.3) is 0 Å². The molecule has 1 saturated heterocycles. The number of carbonyl (C=O) groups is 1. The summed E-state index contributed by atoms with van der Waals surface area (Å²) in [6.07, 6.45) is 1.77. The molecule has 0 aromatic carbocycles. The van der Waals surface area contributed by atoms with Gasteiger partial charge in [-0.15, -0.1) is 0 Å². The van der Waals surface area contributed by atoms with E-state index in [9.17, 15) is 13.2 Å². The van der Waals surface area contributed by atoms with Crippen LogP contribution in [-0.4, -0.2) is 41.1 Å². The van der Waals surface area contributed by atoms with E-state index in [1.807, 2.05) is 0 Å². The molecule has 17 heavy (non-hydrogen) atoms. The molecule has 2 heterocycles. The molecule has 0 amide bonds. The Bertz CT molecular complexity index is 521. The summed E-state index contributed by atoms with van der Waals surface area (Å²) in [7, 11) is -2.96. The van der Waals surface area contributed by atoms with Crippen LogP contribution in [-0.2, 0) is 16.3 Å². The molecule has 0 radical (unpaired) electrons. The zero-order valence-electron chi connectivity index (χ0n) is 9.00. The van der Waals surface area contributed by atoms with Gasteiger partial charge in [0.2, 0.25) is 0 Å². The number of sulfone groups is 1. The first kappa shape index (κ1) is 12.0. The number of hydrogen-bond acceptors (Lipinski definition) is 6. The highest BCUT2D eigenvalue weighted by Crippen LogP contribution is 2.21.